The van der Waals surface area contributed by atoms with Crippen molar-refractivity contribution in [2.45, 2.75) is 0 Å². The summed E-state index contributed by atoms with van der Waals surface area (Å²) in [6.45, 7) is 2.03. The van der Waals surface area contributed by atoms with Crippen LogP contribution >= 0.6 is 0 Å². The third kappa shape index (κ3) is 4.66. The van der Waals surface area contributed by atoms with Crippen molar-refractivity contribution in [2.24, 2.45) is 0 Å². The van der Waals surface area contributed by atoms with Crippen LogP contribution in [-0.4, -0.2) is 9.55 Å². The largest absolute Gasteiger partial charge is 0.509 e. The molecule has 6 aromatic carbocycles. The van der Waals surface area contributed by atoms with E-state index < -0.39 is 0 Å². The molecule has 252 valence electrons. The quantitative estimate of drug-likeness (QED) is 0.161. The van der Waals surface area contributed by atoms with Gasteiger partial charge < -0.3 is 27.9 Å². The topological polar surface area (TPSA) is 59.8 Å². The first-order chi connectivity index (χ1) is 25.3. The Bertz CT molecular complexity index is 3000. The molecular formula is C44H25N4O3Pt-3. The predicted octanol–water partition coefficient (Wildman–Crippen LogP) is 11.3. The number of hydrogen-bond acceptors (Lipinski definition) is 6. The van der Waals surface area contributed by atoms with Crippen molar-refractivity contribution in [3.8, 4) is 17.3 Å². The van der Waals surface area contributed by atoms with Gasteiger partial charge in [0.1, 0.15) is 11.4 Å². The molecule has 0 N–H and O–H groups in total. The van der Waals surface area contributed by atoms with Crippen LogP contribution in [0.15, 0.2) is 155 Å². The van der Waals surface area contributed by atoms with E-state index in [0.717, 1.165) is 66.1 Å². The molecule has 0 fully saturated rings. The molecule has 0 bridgehead atoms. The zero-order valence-corrected chi connectivity index (χ0v) is 29.5. The normalized spacial score (nSPS) is 13.0. The van der Waals surface area contributed by atoms with Crippen LogP contribution in [0.3, 0.4) is 0 Å². The SMILES string of the molecule is [Pt].[c-]1c(N2C=CN(c3ccccc3)[CH-]2)cc2c(oc3c2ccc2c4ccccc4oc23)c1Oc1[c-]c2c(cc1)c1ccccc1n2-c1ccccn1. The van der Waals surface area contributed by atoms with Gasteiger partial charge in [0.05, 0.1) is 11.3 Å². The Labute approximate surface area is 311 Å². The van der Waals surface area contributed by atoms with E-state index in [1.54, 1.807) is 6.20 Å². The number of anilines is 2. The molecular weight excluding hydrogens is 828 g/mol. The number of rotatable bonds is 5. The summed E-state index contributed by atoms with van der Waals surface area (Å²) in [6.07, 6.45) is 5.84. The van der Waals surface area contributed by atoms with Crippen LogP contribution in [0.5, 0.6) is 11.5 Å². The monoisotopic (exact) mass is 852 g/mol. The number of aromatic nitrogens is 2. The Morgan fingerprint density at radius 3 is 2.19 bits per heavy atom. The zero-order chi connectivity index (χ0) is 33.5. The van der Waals surface area contributed by atoms with Crippen LogP contribution in [0, 0.1) is 18.8 Å². The molecule has 10 aromatic rings. The van der Waals surface area contributed by atoms with E-state index in [1.165, 1.54) is 0 Å². The van der Waals surface area contributed by atoms with E-state index in [2.05, 4.69) is 87.2 Å². The number of para-hydroxylation sites is 3. The minimum Gasteiger partial charge on any atom is -0.509 e. The van der Waals surface area contributed by atoms with Crippen molar-refractivity contribution in [3.05, 3.63) is 165 Å². The average molecular weight is 853 g/mol. The van der Waals surface area contributed by atoms with Gasteiger partial charge in [0.15, 0.2) is 11.2 Å². The first kappa shape index (κ1) is 30.5. The number of hydrogen-bond donors (Lipinski definition) is 0. The van der Waals surface area contributed by atoms with Gasteiger partial charge >= 0.3 is 0 Å². The van der Waals surface area contributed by atoms with E-state index in [4.69, 9.17) is 13.6 Å². The van der Waals surface area contributed by atoms with Crippen LogP contribution in [0.4, 0.5) is 11.4 Å². The maximum absolute atomic E-state index is 6.75. The Balaban J connectivity index is 0.00000338. The summed E-state index contributed by atoms with van der Waals surface area (Å²) in [4.78, 5) is 8.78. The molecule has 0 unspecified atom stereocenters. The van der Waals surface area contributed by atoms with Crippen molar-refractivity contribution in [2.75, 3.05) is 9.80 Å². The summed E-state index contributed by atoms with van der Waals surface area (Å²) in [5.74, 6) is 1.77. The summed E-state index contributed by atoms with van der Waals surface area (Å²) in [5.41, 5.74) is 6.51. The second-order valence-electron chi connectivity index (χ2n) is 12.5. The fraction of sp³-hybridized carbons (Fsp3) is 0. The predicted molar refractivity (Wildman–Crippen MR) is 202 cm³/mol. The number of fused-ring (bicyclic) bond motifs is 10. The Morgan fingerprint density at radius 2 is 1.33 bits per heavy atom. The van der Waals surface area contributed by atoms with Crippen LogP contribution in [0.25, 0.3) is 71.5 Å². The van der Waals surface area contributed by atoms with E-state index in [0.29, 0.717) is 28.2 Å². The number of ether oxygens (including phenoxy) is 1. The Morgan fingerprint density at radius 1 is 0.596 bits per heavy atom. The molecule has 5 heterocycles. The van der Waals surface area contributed by atoms with Gasteiger partial charge in [-0.3, -0.25) is 0 Å². The summed E-state index contributed by atoms with van der Waals surface area (Å²) in [6, 6.07) is 49.9. The minimum absolute atomic E-state index is 0. The maximum Gasteiger partial charge on any atom is 0.177 e. The number of benzene rings is 6. The minimum atomic E-state index is 0. The molecule has 52 heavy (non-hydrogen) atoms. The maximum atomic E-state index is 6.75. The molecule has 11 rings (SSSR count). The number of furan rings is 2. The molecule has 4 aromatic heterocycles. The number of nitrogens with zero attached hydrogens (tertiary/aromatic N) is 4. The summed E-state index contributed by atoms with van der Waals surface area (Å²) >= 11 is 0. The fourth-order valence-corrected chi connectivity index (χ4v) is 7.24. The third-order valence-corrected chi connectivity index (χ3v) is 9.59. The summed E-state index contributed by atoms with van der Waals surface area (Å²) in [5, 5.41) is 6.03. The Hall–Kier alpha value is -6.30. The molecule has 0 saturated heterocycles. The van der Waals surface area contributed by atoms with E-state index in [9.17, 15) is 0 Å². The molecule has 0 amide bonds. The fourth-order valence-electron chi connectivity index (χ4n) is 7.24. The third-order valence-electron chi connectivity index (χ3n) is 9.59. The molecule has 0 aliphatic carbocycles. The van der Waals surface area contributed by atoms with Crippen LogP contribution in [0.2, 0.25) is 0 Å². The molecule has 0 saturated carbocycles. The summed E-state index contributed by atoms with van der Waals surface area (Å²) < 4.78 is 22.0. The molecule has 1 aliphatic heterocycles. The number of pyridine rings is 1. The standard InChI is InChI=1S/C44H25N4O3.Pt/c1-2-10-28(11-3-1)46-22-23-47(27-46)29-24-36-35-20-19-34-33-13-5-7-15-39(33)50-43(34)44(35)51-42(36)40(25-29)49-30-17-18-32-31-12-4-6-14-37(31)48(38(32)26-30)41-16-8-9-21-45-41;/h1-24,27H;/q-3;. The summed E-state index contributed by atoms with van der Waals surface area (Å²) in [7, 11) is 0. The van der Waals surface area contributed by atoms with Gasteiger partial charge in [0.2, 0.25) is 0 Å². The molecule has 0 spiro atoms. The van der Waals surface area contributed by atoms with Gasteiger partial charge in [-0.1, -0.05) is 77.6 Å². The molecule has 0 radical (unpaired) electrons. The van der Waals surface area contributed by atoms with Crippen molar-refractivity contribution < 1.29 is 34.6 Å². The van der Waals surface area contributed by atoms with Gasteiger partial charge in [-0.15, -0.1) is 42.0 Å². The van der Waals surface area contributed by atoms with Crippen molar-refractivity contribution in [1.29, 1.82) is 0 Å². The van der Waals surface area contributed by atoms with E-state index in [-0.39, 0.29) is 21.1 Å². The van der Waals surface area contributed by atoms with Gasteiger partial charge in [-0.25, -0.2) is 4.98 Å². The first-order valence-corrected chi connectivity index (χ1v) is 16.7. The van der Waals surface area contributed by atoms with Crippen LogP contribution in [-0.2, 0) is 21.1 Å². The average Bonchev–Trinajstić information content (AvgIpc) is 3.97. The smallest absolute Gasteiger partial charge is 0.177 e. The van der Waals surface area contributed by atoms with Crippen molar-refractivity contribution >= 4 is 77.1 Å². The molecule has 7 nitrogen and oxygen atoms in total. The van der Waals surface area contributed by atoms with E-state index in [1.807, 2.05) is 90.7 Å². The van der Waals surface area contributed by atoms with Gasteiger partial charge in [-0.2, -0.15) is 6.07 Å². The second kappa shape index (κ2) is 11.9. The molecule has 0 atom stereocenters. The van der Waals surface area contributed by atoms with Crippen molar-refractivity contribution in [1.82, 2.24) is 9.55 Å². The first-order valence-electron chi connectivity index (χ1n) is 16.7. The Kier molecular flexibility index (Phi) is 6.98. The van der Waals surface area contributed by atoms with E-state index >= 15 is 0 Å². The van der Waals surface area contributed by atoms with Crippen LogP contribution in [0.1, 0.15) is 0 Å². The molecule has 8 heteroatoms. The van der Waals surface area contributed by atoms with Gasteiger partial charge in [0.25, 0.3) is 0 Å². The zero-order valence-electron chi connectivity index (χ0n) is 27.3. The second-order valence-corrected chi connectivity index (χ2v) is 12.5. The van der Waals surface area contributed by atoms with Gasteiger partial charge in [-0.05, 0) is 60.3 Å². The van der Waals surface area contributed by atoms with Gasteiger partial charge in [0, 0.05) is 60.4 Å². The molecule has 1 aliphatic rings. The van der Waals surface area contributed by atoms with Crippen LogP contribution < -0.4 is 14.5 Å². The van der Waals surface area contributed by atoms with Crippen molar-refractivity contribution in [3.63, 3.8) is 0 Å².